The number of urea groups is 1. The number of ether oxygens (including phenoxy) is 1. The monoisotopic (exact) mass is 372 g/mol. The van der Waals surface area contributed by atoms with Gasteiger partial charge in [-0.3, -0.25) is 0 Å². The molecule has 0 bridgehead atoms. The van der Waals surface area contributed by atoms with Crippen molar-refractivity contribution >= 4 is 11.7 Å². The molecule has 0 saturated heterocycles. The Kier molecular flexibility index (Phi) is 5.98. The number of nitrogens with zero attached hydrogens (tertiary/aromatic N) is 2. The van der Waals surface area contributed by atoms with E-state index in [1.54, 1.807) is 24.7 Å². The number of hydrogen-bond donors (Lipinski definition) is 2. The Balaban J connectivity index is 1.57. The van der Waals surface area contributed by atoms with Crippen LogP contribution in [0.4, 0.5) is 19.3 Å². The molecule has 0 spiro atoms. The van der Waals surface area contributed by atoms with Gasteiger partial charge in [-0.2, -0.15) is 8.78 Å². The third-order valence-corrected chi connectivity index (χ3v) is 3.72. The topological polar surface area (TPSA) is 68.2 Å². The minimum absolute atomic E-state index is 0.0926. The maximum atomic E-state index is 12.4. The van der Waals surface area contributed by atoms with Gasteiger partial charge in [0, 0.05) is 25.5 Å². The van der Waals surface area contributed by atoms with Crippen LogP contribution in [-0.4, -0.2) is 22.2 Å². The molecule has 1 heterocycles. The molecule has 27 heavy (non-hydrogen) atoms. The van der Waals surface area contributed by atoms with Gasteiger partial charge in [0.2, 0.25) is 0 Å². The van der Waals surface area contributed by atoms with Gasteiger partial charge in [0.25, 0.3) is 0 Å². The highest BCUT2D eigenvalue weighted by molar-refractivity contribution is 5.90. The van der Waals surface area contributed by atoms with Crippen LogP contribution in [-0.2, 0) is 13.1 Å². The lowest BCUT2D eigenvalue weighted by molar-refractivity contribution is -0.0493. The zero-order chi connectivity index (χ0) is 19.1. The van der Waals surface area contributed by atoms with Crippen molar-refractivity contribution in [1.29, 1.82) is 0 Å². The molecular weight excluding hydrogens is 354 g/mol. The van der Waals surface area contributed by atoms with E-state index in [1.165, 1.54) is 12.1 Å². The van der Waals surface area contributed by atoms with E-state index in [1.807, 2.05) is 35.0 Å². The molecule has 3 aromatic rings. The van der Waals surface area contributed by atoms with Crippen molar-refractivity contribution in [1.82, 2.24) is 14.9 Å². The van der Waals surface area contributed by atoms with Crippen molar-refractivity contribution in [2.45, 2.75) is 19.7 Å². The van der Waals surface area contributed by atoms with Gasteiger partial charge in [-0.1, -0.05) is 36.4 Å². The second-order valence-electron chi connectivity index (χ2n) is 5.74. The van der Waals surface area contributed by atoms with Gasteiger partial charge in [-0.25, -0.2) is 9.78 Å². The summed E-state index contributed by atoms with van der Waals surface area (Å²) >= 11 is 0. The number of nitrogens with one attached hydrogen (secondary N) is 2. The van der Waals surface area contributed by atoms with Gasteiger partial charge < -0.3 is 19.9 Å². The first-order valence-electron chi connectivity index (χ1n) is 8.22. The lowest BCUT2D eigenvalue weighted by atomic mass is 10.1. The highest BCUT2D eigenvalue weighted by Gasteiger charge is 2.11. The van der Waals surface area contributed by atoms with Crippen molar-refractivity contribution in [2.24, 2.45) is 0 Å². The predicted octanol–water partition coefficient (Wildman–Crippen LogP) is 3.85. The van der Waals surface area contributed by atoms with Crippen LogP contribution in [0.1, 0.15) is 11.1 Å². The van der Waals surface area contributed by atoms with E-state index in [-0.39, 0.29) is 11.4 Å². The first kappa shape index (κ1) is 18.4. The van der Waals surface area contributed by atoms with E-state index in [2.05, 4.69) is 20.4 Å². The third kappa shape index (κ3) is 5.53. The second kappa shape index (κ2) is 8.79. The molecule has 0 unspecified atom stereocenters. The predicted molar refractivity (Wildman–Crippen MR) is 96.7 cm³/mol. The van der Waals surface area contributed by atoms with Crippen molar-refractivity contribution < 1.29 is 18.3 Å². The molecule has 0 aliphatic heterocycles. The van der Waals surface area contributed by atoms with Gasteiger partial charge >= 0.3 is 12.6 Å². The number of rotatable bonds is 7. The van der Waals surface area contributed by atoms with E-state index >= 15 is 0 Å². The number of hydrogen-bond acceptors (Lipinski definition) is 3. The molecule has 8 heteroatoms. The smallest absolute Gasteiger partial charge is 0.387 e. The Bertz CT molecular complexity index is 885. The van der Waals surface area contributed by atoms with Crippen molar-refractivity contribution in [3.8, 4) is 5.75 Å². The highest BCUT2D eigenvalue weighted by atomic mass is 19.3. The van der Waals surface area contributed by atoms with Crippen LogP contribution < -0.4 is 15.4 Å². The molecule has 6 nitrogen and oxygen atoms in total. The number of aromatic nitrogens is 2. The maximum absolute atomic E-state index is 12.4. The Morgan fingerprint density at radius 3 is 2.74 bits per heavy atom. The second-order valence-corrected chi connectivity index (χ2v) is 5.74. The minimum Gasteiger partial charge on any atom is -0.433 e. The molecule has 0 fully saturated rings. The molecular formula is C19H18F2N4O2. The number of carbonyl (C=O) groups excluding carboxylic acids is 1. The first-order valence-corrected chi connectivity index (χ1v) is 8.22. The standard InChI is InChI=1S/C19H18F2N4O2/c20-18(21)27-17-7-2-1-6-16(17)24-19(26)23-11-14-4-3-5-15(10-14)12-25-9-8-22-13-25/h1-10,13,18H,11-12H2,(H2,23,24,26). The lowest BCUT2D eigenvalue weighted by Crippen LogP contribution is -2.28. The number of anilines is 1. The molecule has 2 aromatic carbocycles. The Morgan fingerprint density at radius 1 is 1.15 bits per heavy atom. The van der Waals surface area contributed by atoms with Gasteiger partial charge in [0.05, 0.1) is 12.0 Å². The highest BCUT2D eigenvalue weighted by Crippen LogP contribution is 2.25. The number of para-hydroxylation sites is 2. The molecule has 0 aliphatic carbocycles. The molecule has 0 saturated carbocycles. The summed E-state index contributed by atoms with van der Waals surface area (Å²) < 4.78 is 31.2. The SMILES string of the molecule is O=C(NCc1cccc(Cn2ccnc2)c1)Nc1ccccc1OC(F)F. The van der Waals surface area contributed by atoms with E-state index < -0.39 is 12.6 Å². The van der Waals surface area contributed by atoms with Crippen LogP contribution in [0.25, 0.3) is 0 Å². The molecule has 0 atom stereocenters. The van der Waals surface area contributed by atoms with Gasteiger partial charge in [-0.15, -0.1) is 0 Å². The number of alkyl halides is 2. The molecule has 2 N–H and O–H groups in total. The average Bonchev–Trinajstić information content (AvgIpc) is 3.15. The van der Waals surface area contributed by atoms with E-state index in [0.29, 0.717) is 13.1 Å². The molecule has 0 radical (unpaired) electrons. The Hall–Kier alpha value is -3.42. The Morgan fingerprint density at radius 2 is 1.96 bits per heavy atom. The number of benzene rings is 2. The van der Waals surface area contributed by atoms with Crippen molar-refractivity contribution in [3.05, 3.63) is 78.4 Å². The van der Waals surface area contributed by atoms with E-state index in [4.69, 9.17) is 0 Å². The summed E-state index contributed by atoms with van der Waals surface area (Å²) in [6, 6.07) is 13.3. The number of amides is 2. The summed E-state index contributed by atoms with van der Waals surface area (Å²) in [6.07, 6.45) is 5.32. The molecule has 3 rings (SSSR count). The summed E-state index contributed by atoms with van der Waals surface area (Å²) in [4.78, 5) is 16.1. The maximum Gasteiger partial charge on any atom is 0.387 e. The minimum atomic E-state index is -2.96. The van der Waals surface area contributed by atoms with E-state index in [0.717, 1.165) is 11.1 Å². The lowest BCUT2D eigenvalue weighted by Gasteiger charge is -2.12. The summed E-state index contributed by atoms with van der Waals surface area (Å²) in [5.41, 5.74) is 2.16. The zero-order valence-corrected chi connectivity index (χ0v) is 14.3. The largest absolute Gasteiger partial charge is 0.433 e. The van der Waals surface area contributed by atoms with Crippen LogP contribution in [0.15, 0.2) is 67.3 Å². The van der Waals surface area contributed by atoms with Crippen LogP contribution in [0.2, 0.25) is 0 Å². The fraction of sp³-hybridized carbons (Fsp3) is 0.158. The molecule has 0 aliphatic rings. The molecule has 140 valence electrons. The van der Waals surface area contributed by atoms with Gasteiger partial charge in [0.15, 0.2) is 0 Å². The van der Waals surface area contributed by atoms with Crippen LogP contribution in [0.5, 0.6) is 5.75 Å². The van der Waals surface area contributed by atoms with Gasteiger partial charge in [-0.05, 0) is 23.3 Å². The number of halogens is 2. The van der Waals surface area contributed by atoms with Gasteiger partial charge in [0.1, 0.15) is 5.75 Å². The fourth-order valence-electron chi connectivity index (χ4n) is 2.55. The van der Waals surface area contributed by atoms with Crippen LogP contribution in [0.3, 0.4) is 0 Å². The summed E-state index contributed by atoms with van der Waals surface area (Å²) in [5, 5.41) is 5.22. The third-order valence-electron chi connectivity index (χ3n) is 3.72. The zero-order valence-electron chi connectivity index (χ0n) is 14.3. The average molecular weight is 372 g/mol. The normalized spacial score (nSPS) is 10.6. The van der Waals surface area contributed by atoms with Crippen molar-refractivity contribution in [2.75, 3.05) is 5.32 Å². The van der Waals surface area contributed by atoms with E-state index in [9.17, 15) is 13.6 Å². The number of imidazole rings is 1. The quantitative estimate of drug-likeness (QED) is 0.662. The van der Waals surface area contributed by atoms with Crippen molar-refractivity contribution in [3.63, 3.8) is 0 Å². The number of carbonyl (C=O) groups is 1. The molecule has 2 amide bonds. The molecule has 1 aromatic heterocycles. The summed E-state index contributed by atoms with van der Waals surface area (Å²) in [7, 11) is 0. The Labute approximate surface area is 154 Å². The summed E-state index contributed by atoms with van der Waals surface area (Å²) in [5.74, 6) is -0.0926. The fourth-order valence-corrected chi connectivity index (χ4v) is 2.55. The summed E-state index contributed by atoms with van der Waals surface area (Å²) in [6.45, 7) is -1.99. The first-order chi connectivity index (χ1) is 13.1. The van der Waals surface area contributed by atoms with Crippen LogP contribution in [0, 0.1) is 0 Å². The van der Waals surface area contributed by atoms with Crippen LogP contribution >= 0.6 is 0 Å².